The minimum atomic E-state index is 0.0743. The number of hydrogen-bond donors (Lipinski definition) is 0. The summed E-state index contributed by atoms with van der Waals surface area (Å²) in [6.07, 6.45) is 0. The van der Waals surface area contributed by atoms with Gasteiger partial charge in [-0.1, -0.05) is 35.3 Å². The summed E-state index contributed by atoms with van der Waals surface area (Å²) in [7, 11) is 1.54. The number of hydrogen-bond acceptors (Lipinski definition) is 5. The number of halogens is 2. The van der Waals surface area contributed by atoms with Crippen LogP contribution in [0.3, 0.4) is 0 Å². The van der Waals surface area contributed by atoms with Crippen molar-refractivity contribution in [2.45, 2.75) is 0 Å². The molecule has 0 bridgehead atoms. The molecule has 0 spiro atoms. The second kappa shape index (κ2) is 7.39. The van der Waals surface area contributed by atoms with Crippen molar-refractivity contribution >= 4 is 23.2 Å². The summed E-state index contributed by atoms with van der Waals surface area (Å²) in [4.78, 5) is 8.47. The van der Waals surface area contributed by atoms with Crippen molar-refractivity contribution < 1.29 is 9.47 Å². The summed E-state index contributed by atoms with van der Waals surface area (Å²) < 4.78 is 11.0. The Morgan fingerprint density at radius 3 is 2.08 bits per heavy atom. The molecule has 0 radical (unpaired) electrons. The van der Waals surface area contributed by atoms with Crippen LogP contribution >= 0.6 is 23.2 Å². The highest BCUT2D eigenvalue weighted by Gasteiger charge is 2.16. The van der Waals surface area contributed by atoms with E-state index in [4.69, 9.17) is 37.9 Å². The second-order valence-electron chi connectivity index (χ2n) is 4.90. The zero-order valence-corrected chi connectivity index (χ0v) is 14.5. The molecule has 5 nitrogen and oxygen atoms in total. The Balaban J connectivity index is 1.96. The SMILES string of the molecule is COc1ccccc1Oc1c(Cl)nc(-c2ccc(C#N)cc2)nc1Cl. The van der Waals surface area contributed by atoms with Crippen molar-refractivity contribution in [3.63, 3.8) is 0 Å². The number of benzene rings is 2. The smallest absolute Gasteiger partial charge is 0.202 e. The Kier molecular flexibility index (Phi) is 5.03. The fourth-order valence-electron chi connectivity index (χ4n) is 2.12. The fourth-order valence-corrected chi connectivity index (χ4v) is 2.58. The lowest BCUT2D eigenvalue weighted by Crippen LogP contribution is -1.97. The monoisotopic (exact) mass is 371 g/mol. The molecule has 1 aromatic heterocycles. The van der Waals surface area contributed by atoms with Crippen molar-refractivity contribution in [1.82, 2.24) is 9.97 Å². The van der Waals surface area contributed by atoms with Gasteiger partial charge in [-0.15, -0.1) is 0 Å². The van der Waals surface area contributed by atoms with E-state index in [1.165, 1.54) is 7.11 Å². The standard InChI is InChI=1S/C18H11Cl2N3O2/c1-24-13-4-2-3-5-14(13)25-15-16(19)22-18(23-17(15)20)12-8-6-11(10-21)7-9-12/h2-9H,1H3. The van der Waals surface area contributed by atoms with Crippen LogP contribution in [0.2, 0.25) is 10.3 Å². The molecule has 0 saturated heterocycles. The maximum absolute atomic E-state index is 8.86. The molecular weight excluding hydrogens is 361 g/mol. The largest absolute Gasteiger partial charge is 0.493 e. The van der Waals surface area contributed by atoms with Crippen molar-refractivity contribution in [2.24, 2.45) is 0 Å². The third-order valence-electron chi connectivity index (χ3n) is 3.34. The summed E-state index contributed by atoms with van der Waals surface area (Å²) in [5, 5.41) is 9.00. The molecule has 25 heavy (non-hydrogen) atoms. The molecule has 1 heterocycles. The third kappa shape index (κ3) is 3.66. The Labute approximate surface area is 154 Å². The van der Waals surface area contributed by atoms with Crippen LogP contribution in [0.15, 0.2) is 48.5 Å². The van der Waals surface area contributed by atoms with E-state index < -0.39 is 0 Å². The minimum absolute atomic E-state index is 0.0743. The first-order valence-corrected chi connectivity index (χ1v) is 7.92. The van der Waals surface area contributed by atoms with E-state index in [-0.39, 0.29) is 16.1 Å². The van der Waals surface area contributed by atoms with Crippen LogP contribution in [0.25, 0.3) is 11.4 Å². The number of methoxy groups -OCH3 is 1. The first-order valence-electron chi connectivity index (χ1n) is 7.17. The van der Waals surface area contributed by atoms with Gasteiger partial charge in [-0.25, -0.2) is 9.97 Å². The summed E-state index contributed by atoms with van der Waals surface area (Å²) in [6.45, 7) is 0. The van der Waals surface area contributed by atoms with Gasteiger partial charge in [-0.05, 0) is 36.4 Å². The Bertz CT molecular complexity index is 930. The molecule has 2 aromatic carbocycles. The Morgan fingerprint density at radius 2 is 1.52 bits per heavy atom. The number of ether oxygens (including phenoxy) is 2. The van der Waals surface area contributed by atoms with Crippen LogP contribution < -0.4 is 9.47 Å². The molecule has 0 atom stereocenters. The van der Waals surface area contributed by atoms with Gasteiger partial charge in [-0.2, -0.15) is 5.26 Å². The molecule has 0 fully saturated rings. The molecule has 0 aliphatic carbocycles. The minimum Gasteiger partial charge on any atom is -0.493 e. The van der Waals surface area contributed by atoms with Gasteiger partial charge in [-0.3, -0.25) is 0 Å². The summed E-state index contributed by atoms with van der Waals surface area (Å²) in [5.74, 6) is 1.46. The van der Waals surface area contributed by atoms with E-state index >= 15 is 0 Å². The van der Waals surface area contributed by atoms with Crippen LogP contribution in [-0.2, 0) is 0 Å². The maximum Gasteiger partial charge on any atom is 0.202 e. The second-order valence-corrected chi connectivity index (χ2v) is 5.62. The van der Waals surface area contributed by atoms with E-state index in [1.807, 2.05) is 6.07 Å². The molecule has 0 unspecified atom stereocenters. The van der Waals surface area contributed by atoms with Gasteiger partial charge in [0.15, 0.2) is 27.6 Å². The molecular formula is C18H11Cl2N3O2. The fraction of sp³-hybridized carbons (Fsp3) is 0.0556. The van der Waals surface area contributed by atoms with E-state index in [9.17, 15) is 0 Å². The molecule has 3 rings (SSSR count). The molecule has 0 aliphatic rings. The van der Waals surface area contributed by atoms with Gasteiger partial charge in [0.2, 0.25) is 5.75 Å². The van der Waals surface area contributed by atoms with E-state index in [0.29, 0.717) is 28.5 Å². The lowest BCUT2D eigenvalue weighted by molar-refractivity contribution is 0.378. The van der Waals surface area contributed by atoms with Gasteiger partial charge < -0.3 is 9.47 Å². The molecule has 124 valence electrons. The van der Waals surface area contributed by atoms with Gasteiger partial charge >= 0.3 is 0 Å². The van der Waals surface area contributed by atoms with Crippen LogP contribution in [0.5, 0.6) is 17.2 Å². The molecule has 0 saturated carbocycles. The number of aromatic nitrogens is 2. The van der Waals surface area contributed by atoms with Gasteiger partial charge in [0.05, 0.1) is 18.7 Å². The zero-order valence-electron chi connectivity index (χ0n) is 13.0. The topological polar surface area (TPSA) is 68.0 Å². The van der Waals surface area contributed by atoms with Crippen molar-refractivity contribution in [3.8, 4) is 34.7 Å². The average Bonchev–Trinajstić information content (AvgIpc) is 2.65. The number of nitrogens with zero attached hydrogens (tertiary/aromatic N) is 3. The van der Waals surface area contributed by atoms with Crippen molar-refractivity contribution in [3.05, 3.63) is 64.4 Å². The first-order chi connectivity index (χ1) is 12.1. The highest BCUT2D eigenvalue weighted by atomic mass is 35.5. The lowest BCUT2D eigenvalue weighted by Gasteiger charge is -2.12. The molecule has 0 amide bonds. The quantitative estimate of drug-likeness (QED) is 0.595. The van der Waals surface area contributed by atoms with Gasteiger partial charge in [0.25, 0.3) is 0 Å². The lowest BCUT2D eigenvalue weighted by atomic mass is 10.1. The van der Waals surface area contributed by atoms with Crippen LogP contribution in [0, 0.1) is 11.3 Å². The van der Waals surface area contributed by atoms with Gasteiger partial charge in [0.1, 0.15) is 0 Å². The average molecular weight is 372 g/mol. The third-order valence-corrected chi connectivity index (χ3v) is 3.85. The van der Waals surface area contributed by atoms with E-state index in [0.717, 1.165) is 0 Å². The molecule has 3 aromatic rings. The van der Waals surface area contributed by atoms with Gasteiger partial charge in [0, 0.05) is 5.56 Å². The Morgan fingerprint density at radius 1 is 0.920 bits per heavy atom. The van der Waals surface area contributed by atoms with E-state index in [1.54, 1.807) is 42.5 Å². The number of rotatable bonds is 4. The first kappa shape index (κ1) is 17.0. The zero-order chi connectivity index (χ0) is 17.8. The molecule has 0 N–H and O–H groups in total. The summed E-state index contributed by atoms with van der Waals surface area (Å²) >= 11 is 12.5. The van der Waals surface area contributed by atoms with Crippen LogP contribution in [0.4, 0.5) is 0 Å². The van der Waals surface area contributed by atoms with Crippen LogP contribution in [0.1, 0.15) is 5.56 Å². The van der Waals surface area contributed by atoms with Crippen molar-refractivity contribution in [1.29, 1.82) is 5.26 Å². The normalized spacial score (nSPS) is 10.2. The van der Waals surface area contributed by atoms with E-state index in [2.05, 4.69) is 16.0 Å². The predicted octanol–water partition coefficient (Wildman–Crippen LogP) is 5.12. The molecule has 0 aliphatic heterocycles. The Hall–Kier alpha value is -2.81. The molecule has 7 heteroatoms. The maximum atomic E-state index is 8.86. The van der Waals surface area contributed by atoms with Crippen LogP contribution in [-0.4, -0.2) is 17.1 Å². The summed E-state index contributed by atoms with van der Waals surface area (Å²) in [5.41, 5.74) is 1.23. The predicted molar refractivity (Wildman–Crippen MR) is 95.3 cm³/mol. The number of para-hydroxylation sites is 2. The summed E-state index contributed by atoms with van der Waals surface area (Å²) in [6, 6.07) is 15.9. The van der Waals surface area contributed by atoms with Crippen molar-refractivity contribution in [2.75, 3.05) is 7.11 Å². The highest BCUT2D eigenvalue weighted by Crippen LogP contribution is 2.38. The highest BCUT2D eigenvalue weighted by molar-refractivity contribution is 6.35. The number of nitriles is 1.